The summed E-state index contributed by atoms with van der Waals surface area (Å²) in [7, 11) is 1.37. The van der Waals surface area contributed by atoms with Crippen molar-refractivity contribution in [2.75, 3.05) is 12.4 Å². The largest absolute Gasteiger partial charge is 0.496 e. The quantitative estimate of drug-likeness (QED) is 0.427. The minimum Gasteiger partial charge on any atom is -0.496 e. The second kappa shape index (κ2) is 8.58. The van der Waals surface area contributed by atoms with Crippen LogP contribution in [0, 0.1) is 11.6 Å². The summed E-state index contributed by atoms with van der Waals surface area (Å²) in [6.07, 6.45) is 3.12. The number of fused-ring (bicyclic) bond motifs is 1. The first kappa shape index (κ1) is 21.8. The van der Waals surface area contributed by atoms with Crippen molar-refractivity contribution in [3.05, 3.63) is 52.1 Å². The van der Waals surface area contributed by atoms with Crippen LogP contribution in [0.3, 0.4) is 0 Å². The number of nitrogens with one attached hydrogen (secondary N) is 2. The monoisotopic (exact) mass is 506 g/mol. The number of urea groups is 1. The van der Waals surface area contributed by atoms with E-state index >= 15 is 0 Å². The van der Waals surface area contributed by atoms with Crippen molar-refractivity contribution in [3.63, 3.8) is 0 Å². The molecule has 0 saturated heterocycles. The Labute approximate surface area is 189 Å². The van der Waals surface area contributed by atoms with Crippen LogP contribution < -0.4 is 25.8 Å². The number of benzene rings is 2. The molecule has 0 spiro atoms. The minimum atomic E-state index is -1.06. The lowest BCUT2D eigenvalue weighted by atomic mass is 10.1. The van der Waals surface area contributed by atoms with Crippen molar-refractivity contribution >= 4 is 44.5 Å². The molecule has 0 unspecified atom stereocenters. The number of rotatable bonds is 6. The molecule has 1 aliphatic carbocycles. The standard InChI is InChI=1S/C21H17BrF2N4O4/c1-31-16-8-13-10(6-11(16)20(25)29)15(4-5-26-13)32-19-12(23)7-14(17(22)18(19)24)28-21(30)27-9-2-3-9/h4-9H,2-3H2,1H3,(H2,25,29)(H2,27,28,30). The van der Waals surface area contributed by atoms with Gasteiger partial charge in [-0.3, -0.25) is 9.78 Å². The summed E-state index contributed by atoms with van der Waals surface area (Å²) in [5, 5.41) is 5.37. The van der Waals surface area contributed by atoms with E-state index in [-0.39, 0.29) is 33.3 Å². The zero-order valence-corrected chi connectivity index (χ0v) is 18.3. The van der Waals surface area contributed by atoms with Gasteiger partial charge < -0.3 is 25.8 Å². The molecule has 1 aliphatic rings. The fourth-order valence-electron chi connectivity index (χ4n) is 3.04. The SMILES string of the molecule is COc1cc2nccc(Oc3c(F)cc(NC(=O)NC4CC4)c(Br)c3F)c2cc1C(N)=O. The molecule has 32 heavy (non-hydrogen) atoms. The number of ether oxygens (including phenoxy) is 2. The minimum absolute atomic E-state index is 0.0389. The Morgan fingerprint density at radius 2 is 1.97 bits per heavy atom. The summed E-state index contributed by atoms with van der Waals surface area (Å²) in [5.74, 6) is -3.31. The van der Waals surface area contributed by atoms with Crippen LogP contribution in [0.2, 0.25) is 0 Å². The van der Waals surface area contributed by atoms with Gasteiger partial charge in [0.25, 0.3) is 5.91 Å². The van der Waals surface area contributed by atoms with E-state index in [2.05, 4.69) is 31.5 Å². The molecule has 1 heterocycles. The fraction of sp³-hybridized carbons (Fsp3) is 0.190. The molecule has 4 N–H and O–H groups in total. The topological polar surface area (TPSA) is 116 Å². The average Bonchev–Trinajstić information content (AvgIpc) is 3.57. The maximum atomic E-state index is 15.0. The molecule has 1 fully saturated rings. The van der Waals surface area contributed by atoms with Gasteiger partial charge in [0.2, 0.25) is 0 Å². The molecule has 8 nitrogen and oxygen atoms in total. The van der Waals surface area contributed by atoms with E-state index in [9.17, 15) is 18.4 Å². The maximum Gasteiger partial charge on any atom is 0.319 e. The van der Waals surface area contributed by atoms with Gasteiger partial charge in [0, 0.05) is 29.8 Å². The lowest BCUT2D eigenvalue weighted by Gasteiger charge is -2.15. The van der Waals surface area contributed by atoms with Crippen LogP contribution in [-0.4, -0.2) is 30.1 Å². The first-order valence-electron chi connectivity index (χ1n) is 9.48. The zero-order valence-electron chi connectivity index (χ0n) is 16.7. The Bertz CT molecular complexity index is 1250. The molecule has 2 aromatic carbocycles. The molecule has 166 valence electrons. The Balaban J connectivity index is 1.70. The van der Waals surface area contributed by atoms with E-state index < -0.39 is 29.3 Å². The van der Waals surface area contributed by atoms with Crippen LogP contribution in [0.25, 0.3) is 10.9 Å². The van der Waals surface area contributed by atoms with Crippen molar-refractivity contribution in [3.8, 4) is 17.2 Å². The number of hydrogen-bond donors (Lipinski definition) is 3. The van der Waals surface area contributed by atoms with Crippen molar-refractivity contribution in [2.45, 2.75) is 18.9 Å². The first-order chi connectivity index (χ1) is 15.3. The van der Waals surface area contributed by atoms with E-state index in [1.54, 1.807) is 0 Å². The number of hydrogen-bond acceptors (Lipinski definition) is 5. The Kier molecular flexibility index (Phi) is 5.83. The number of carbonyl (C=O) groups is 2. The molecule has 3 amide bonds. The summed E-state index contributed by atoms with van der Waals surface area (Å²) in [6.45, 7) is 0. The van der Waals surface area contributed by atoms with Crippen LogP contribution in [0.1, 0.15) is 23.2 Å². The van der Waals surface area contributed by atoms with Gasteiger partial charge in [-0.15, -0.1) is 0 Å². The van der Waals surface area contributed by atoms with Crippen LogP contribution in [0.4, 0.5) is 19.3 Å². The lowest BCUT2D eigenvalue weighted by molar-refractivity contribution is 0.0997. The summed E-state index contributed by atoms with van der Waals surface area (Å²) in [5.41, 5.74) is 5.72. The number of carbonyl (C=O) groups excluding carboxylic acids is 2. The summed E-state index contributed by atoms with van der Waals surface area (Å²) in [4.78, 5) is 27.9. The normalized spacial score (nSPS) is 13.0. The van der Waals surface area contributed by atoms with Crippen molar-refractivity contribution in [2.24, 2.45) is 5.73 Å². The highest BCUT2D eigenvalue weighted by atomic mass is 79.9. The van der Waals surface area contributed by atoms with Crippen LogP contribution in [0.5, 0.6) is 17.2 Å². The fourth-order valence-corrected chi connectivity index (χ4v) is 3.44. The van der Waals surface area contributed by atoms with E-state index in [4.69, 9.17) is 15.2 Å². The number of primary amides is 1. The number of nitrogens with zero attached hydrogens (tertiary/aromatic N) is 1. The number of anilines is 1. The maximum absolute atomic E-state index is 15.0. The number of methoxy groups -OCH3 is 1. The molecule has 0 radical (unpaired) electrons. The number of halogens is 3. The van der Waals surface area contributed by atoms with Gasteiger partial charge in [0.1, 0.15) is 11.5 Å². The van der Waals surface area contributed by atoms with Gasteiger partial charge in [-0.1, -0.05) is 0 Å². The molecule has 11 heteroatoms. The van der Waals surface area contributed by atoms with Gasteiger partial charge in [-0.2, -0.15) is 0 Å². The molecular weight excluding hydrogens is 490 g/mol. The average molecular weight is 507 g/mol. The van der Waals surface area contributed by atoms with Crippen molar-refractivity contribution < 1.29 is 27.8 Å². The molecule has 1 saturated carbocycles. The second-order valence-electron chi connectivity index (χ2n) is 7.08. The third-order valence-electron chi connectivity index (χ3n) is 4.78. The Hall–Kier alpha value is -3.47. The van der Waals surface area contributed by atoms with Gasteiger partial charge in [-0.25, -0.2) is 13.6 Å². The van der Waals surface area contributed by atoms with E-state index in [0.29, 0.717) is 10.9 Å². The molecule has 3 aromatic rings. The van der Waals surface area contributed by atoms with Crippen LogP contribution >= 0.6 is 15.9 Å². The number of nitrogens with two attached hydrogens (primary N) is 1. The van der Waals surface area contributed by atoms with E-state index in [1.807, 2.05) is 0 Å². The molecule has 0 atom stereocenters. The third kappa shape index (κ3) is 4.28. The highest BCUT2D eigenvalue weighted by molar-refractivity contribution is 9.10. The molecule has 4 rings (SSSR count). The Morgan fingerprint density at radius 1 is 1.22 bits per heavy atom. The van der Waals surface area contributed by atoms with Crippen LogP contribution in [0.15, 0.2) is 34.9 Å². The first-order valence-corrected chi connectivity index (χ1v) is 10.3. The molecule has 1 aromatic heterocycles. The Morgan fingerprint density at radius 3 is 2.62 bits per heavy atom. The van der Waals surface area contributed by atoms with Crippen LogP contribution in [-0.2, 0) is 0 Å². The van der Waals surface area contributed by atoms with Crippen molar-refractivity contribution in [1.82, 2.24) is 10.3 Å². The second-order valence-corrected chi connectivity index (χ2v) is 7.87. The van der Waals surface area contributed by atoms with Gasteiger partial charge in [-0.05, 0) is 40.9 Å². The zero-order chi connectivity index (χ0) is 23.0. The predicted molar refractivity (Wildman–Crippen MR) is 116 cm³/mol. The summed E-state index contributed by atoms with van der Waals surface area (Å²) >= 11 is 3.03. The molecule has 0 bridgehead atoms. The highest BCUT2D eigenvalue weighted by Crippen LogP contribution is 2.39. The predicted octanol–water partition coefficient (Wildman–Crippen LogP) is 4.46. The number of amides is 3. The van der Waals surface area contributed by atoms with Gasteiger partial charge >= 0.3 is 6.03 Å². The van der Waals surface area contributed by atoms with E-state index in [0.717, 1.165) is 18.9 Å². The van der Waals surface area contributed by atoms with E-state index in [1.165, 1.54) is 31.5 Å². The van der Waals surface area contributed by atoms with Gasteiger partial charge in [0.05, 0.1) is 28.4 Å². The number of aromatic nitrogens is 1. The number of pyridine rings is 1. The van der Waals surface area contributed by atoms with Crippen molar-refractivity contribution in [1.29, 1.82) is 0 Å². The van der Waals surface area contributed by atoms with Gasteiger partial charge in [0.15, 0.2) is 17.4 Å². The third-order valence-corrected chi connectivity index (χ3v) is 5.55. The molecule has 0 aliphatic heterocycles. The lowest BCUT2D eigenvalue weighted by Crippen LogP contribution is -2.30. The summed E-state index contributed by atoms with van der Waals surface area (Å²) in [6, 6.07) is 4.69. The highest BCUT2D eigenvalue weighted by Gasteiger charge is 2.25. The summed E-state index contributed by atoms with van der Waals surface area (Å²) < 4.78 is 40.2. The molecular formula is C21H17BrF2N4O4. The smallest absolute Gasteiger partial charge is 0.319 e.